The molecule has 0 spiro atoms. The molecule has 1 N–H and O–H groups in total. The third-order valence-corrected chi connectivity index (χ3v) is 3.78. The van der Waals surface area contributed by atoms with Crippen LogP contribution in [0, 0.1) is 23.0 Å². The Hall–Kier alpha value is -2.00. The van der Waals surface area contributed by atoms with E-state index in [1.165, 1.54) is 6.07 Å². The number of piperidine rings is 1. The monoisotopic (exact) mass is 293 g/mol. The second kappa shape index (κ2) is 6.19. The second-order valence-corrected chi connectivity index (χ2v) is 5.47. The molecule has 2 rings (SSSR count). The highest BCUT2D eigenvalue weighted by atomic mass is 19.2. The smallest absolute Gasteiger partial charge is 0.225 e. The summed E-state index contributed by atoms with van der Waals surface area (Å²) in [4.78, 5) is 14.1. The molecule has 0 unspecified atom stereocenters. The summed E-state index contributed by atoms with van der Waals surface area (Å²) in [5.41, 5.74) is -0.477. The van der Waals surface area contributed by atoms with Crippen molar-refractivity contribution in [3.8, 4) is 6.07 Å². The Labute approximate surface area is 122 Å². The van der Waals surface area contributed by atoms with Crippen LogP contribution in [0.5, 0.6) is 0 Å². The van der Waals surface area contributed by atoms with Gasteiger partial charge in [-0.05, 0) is 37.6 Å². The lowest BCUT2D eigenvalue weighted by atomic mass is 9.89. The van der Waals surface area contributed by atoms with Crippen molar-refractivity contribution >= 4 is 5.91 Å². The molecule has 1 aromatic rings. The molecule has 0 radical (unpaired) electrons. The number of carbonyl (C=O) groups excluding carboxylic acids is 1. The second-order valence-electron chi connectivity index (χ2n) is 5.47. The number of nitrogens with zero attached hydrogens (tertiary/aromatic N) is 2. The van der Waals surface area contributed by atoms with Gasteiger partial charge in [0, 0.05) is 13.1 Å². The first-order valence-corrected chi connectivity index (χ1v) is 6.79. The molecule has 21 heavy (non-hydrogen) atoms. The third kappa shape index (κ3) is 3.76. The van der Waals surface area contributed by atoms with Gasteiger partial charge in [-0.1, -0.05) is 6.07 Å². The maximum absolute atomic E-state index is 13.1. The first-order chi connectivity index (χ1) is 9.94. The fraction of sp³-hybridized carbons (Fsp3) is 0.467. The van der Waals surface area contributed by atoms with Gasteiger partial charge in [0.15, 0.2) is 11.6 Å². The fourth-order valence-corrected chi connectivity index (χ4v) is 2.41. The normalized spacial score (nSPS) is 18.0. The van der Waals surface area contributed by atoms with Crippen molar-refractivity contribution in [1.29, 1.82) is 5.26 Å². The standard InChI is InChI=1S/C15H17F2N3O/c1-20-6-4-15(10-18,5-7-20)19-14(21)9-11-2-3-12(16)13(17)8-11/h2-3,8H,4-7,9H2,1H3,(H,19,21). The van der Waals surface area contributed by atoms with E-state index in [4.69, 9.17) is 0 Å². The van der Waals surface area contributed by atoms with Crippen LogP contribution >= 0.6 is 0 Å². The molecule has 1 amide bonds. The number of carbonyl (C=O) groups is 1. The zero-order valence-electron chi connectivity index (χ0n) is 11.8. The van der Waals surface area contributed by atoms with Gasteiger partial charge >= 0.3 is 0 Å². The average molecular weight is 293 g/mol. The minimum atomic E-state index is -0.977. The van der Waals surface area contributed by atoms with Gasteiger partial charge in [0.25, 0.3) is 0 Å². The minimum Gasteiger partial charge on any atom is -0.337 e. The Morgan fingerprint density at radius 3 is 2.62 bits per heavy atom. The molecule has 0 aromatic heterocycles. The van der Waals surface area contributed by atoms with Gasteiger partial charge in [-0.15, -0.1) is 0 Å². The molecule has 1 aromatic carbocycles. The molecule has 6 heteroatoms. The van der Waals surface area contributed by atoms with E-state index in [1.807, 2.05) is 7.05 Å². The highest BCUT2D eigenvalue weighted by Crippen LogP contribution is 2.21. The predicted octanol–water partition coefficient (Wildman–Crippen LogP) is 1.61. The van der Waals surface area contributed by atoms with Crippen molar-refractivity contribution in [2.24, 2.45) is 0 Å². The van der Waals surface area contributed by atoms with Crippen LogP contribution in [-0.4, -0.2) is 36.5 Å². The first kappa shape index (κ1) is 15.4. The number of amides is 1. The highest BCUT2D eigenvalue weighted by Gasteiger charge is 2.35. The Bertz CT molecular complexity index is 575. The van der Waals surface area contributed by atoms with Crippen molar-refractivity contribution in [3.63, 3.8) is 0 Å². The quantitative estimate of drug-likeness (QED) is 0.921. The van der Waals surface area contributed by atoms with Crippen molar-refractivity contribution in [2.75, 3.05) is 20.1 Å². The molecule has 1 aliphatic rings. The molecular formula is C15H17F2N3O. The van der Waals surface area contributed by atoms with Crippen LogP contribution in [0.1, 0.15) is 18.4 Å². The lowest BCUT2D eigenvalue weighted by Gasteiger charge is -2.36. The molecule has 112 valence electrons. The van der Waals surface area contributed by atoms with E-state index >= 15 is 0 Å². The van der Waals surface area contributed by atoms with Crippen LogP contribution in [0.2, 0.25) is 0 Å². The number of halogens is 2. The maximum atomic E-state index is 13.1. The van der Waals surface area contributed by atoms with Gasteiger partial charge in [-0.3, -0.25) is 4.79 Å². The zero-order valence-corrected chi connectivity index (χ0v) is 11.8. The van der Waals surface area contributed by atoms with E-state index in [0.29, 0.717) is 18.4 Å². The zero-order chi connectivity index (χ0) is 15.5. The molecule has 0 bridgehead atoms. The Kier molecular flexibility index (Phi) is 4.53. The number of likely N-dealkylation sites (tertiary alicyclic amines) is 1. The lowest BCUT2D eigenvalue weighted by molar-refractivity contribution is -0.122. The predicted molar refractivity (Wildman–Crippen MR) is 73.3 cm³/mol. The van der Waals surface area contributed by atoms with E-state index in [-0.39, 0.29) is 12.3 Å². The fourth-order valence-electron chi connectivity index (χ4n) is 2.41. The molecule has 1 saturated heterocycles. The molecule has 0 atom stereocenters. The summed E-state index contributed by atoms with van der Waals surface area (Å²) in [6, 6.07) is 5.55. The molecule has 4 nitrogen and oxygen atoms in total. The summed E-state index contributed by atoms with van der Waals surface area (Å²) in [6.07, 6.45) is 1.05. The van der Waals surface area contributed by atoms with Crippen molar-refractivity contribution in [3.05, 3.63) is 35.4 Å². The number of hydrogen-bond donors (Lipinski definition) is 1. The molecule has 1 fully saturated rings. The van der Waals surface area contributed by atoms with Crippen LogP contribution in [0.3, 0.4) is 0 Å². The topological polar surface area (TPSA) is 56.1 Å². The summed E-state index contributed by atoms with van der Waals surface area (Å²) in [6.45, 7) is 1.47. The number of benzene rings is 1. The van der Waals surface area contributed by atoms with Gasteiger partial charge in [0.1, 0.15) is 5.54 Å². The van der Waals surface area contributed by atoms with E-state index in [1.54, 1.807) is 0 Å². The summed E-state index contributed by atoms with van der Waals surface area (Å²) in [5, 5.41) is 12.1. The Balaban J connectivity index is 2.00. The largest absolute Gasteiger partial charge is 0.337 e. The molecule has 0 saturated carbocycles. The lowest BCUT2D eigenvalue weighted by Crippen LogP contribution is -2.54. The maximum Gasteiger partial charge on any atom is 0.225 e. The van der Waals surface area contributed by atoms with Crippen LogP contribution in [0.4, 0.5) is 8.78 Å². The number of nitriles is 1. The summed E-state index contributed by atoms with van der Waals surface area (Å²) in [7, 11) is 1.96. The summed E-state index contributed by atoms with van der Waals surface area (Å²) >= 11 is 0. The summed E-state index contributed by atoms with van der Waals surface area (Å²) < 4.78 is 25.9. The average Bonchev–Trinajstić information content (AvgIpc) is 2.46. The van der Waals surface area contributed by atoms with E-state index in [9.17, 15) is 18.8 Å². The van der Waals surface area contributed by atoms with Crippen LogP contribution in [0.25, 0.3) is 0 Å². The molecular weight excluding hydrogens is 276 g/mol. The van der Waals surface area contributed by atoms with Gasteiger partial charge in [-0.25, -0.2) is 8.78 Å². The van der Waals surface area contributed by atoms with Crippen LogP contribution < -0.4 is 5.32 Å². The van der Waals surface area contributed by atoms with Gasteiger partial charge < -0.3 is 10.2 Å². The van der Waals surface area contributed by atoms with Crippen molar-refractivity contribution in [2.45, 2.75) is 24.8 Å². The van der Waals surface area contributed by atoms with E-state index < -0.39 is 17.2 Å². The van der Waals surface area contributed by atoms with E-state index in [0.717, 1.165) is 25.2 Å². The summed E-state index contributed by atoms with van der Waals surface area (Å²) in [5.74, 6) is -2.27. The van der Waals surface area contributed by atoms with E-state index in [2.05, 4.69) is 16.3 Å². The van der Waals surface area contributed by atoms with Gasteiger partial charge in [-0.2, -0.15) is 5.26 Å². The molecule has 1 heterocycles. The van der Waals surface area contributed by atoms with Gasteiger partial charge in [0.2, 0.25) is 5.91 Å². The molecule has 0 aliphatic carbocycles. The highest BCUT2D eigenvalue weighted by molar-refractivity contribution is 5.79. The first-order valence-electron chi connectivity index (χ1n) is 6.79. The van der Waals surface area contributed by atoms with Gasteiger partial charge in [0.05, 0.1) is 12.5 Å². The van der Waals surface area contributed by atoms with Crippen molar-refractivity contribution in [1.82, 2.24) is 10.2 Å². The SMILES string of the molecule is CN1CCC(C#N)(NC(=O)Cc2ccc(F)c(F)c2)CC1. The number of nitrogens with one attached hydrogen (secondary N) is 1. The van der Waals surface area contributed by atoms with Crippen LogP contribution in [-0.2, 0) is 11.2 Å². The minimum absolute atomic E-state index is 0.0729. The Morgan fingerprint density at radius 1 is 1.38 bits per heavy atom. The Morgan fingerprint density at radius 2 is 2.05 bits per heavy atom. The molecule has 1 aliphatic heterocycles. The van der Waals surface area contributed by atoms with Crippen LogP contribution in [0.15, 0.2) is 18.2 Å². The number of hydrogen-bond acceptors (Lipinski definition) is 3. The third-order valence-electron chi connectivity index (χ3n) is 3.78. The van der Waals surface area contributed by atoms with Crippen molar-refractivity contribution < 1.29 is 13.6 Å². The number of rotatable bonds is 3.